The van der Waals surface area contributed by atoms with E-state index in [2.05, 4.69) is 6.92 Å². The summed E-state index contributed by atoms with van der Waals surface area (Å²) in [5, 5.41) is 28.7. The van der Waals surface area contributed by atoms with Crippen LogP contribution in [0.2, 0.25) is 0 Å². The molecule has 1 aliphatic rings. The molecule has 0 bridgehead atoms. The molecular weight excluding hydrogens is 320 g/mol. The zero-order chi connectivity index (χ0) is 18.7. The Hall–Kier alpha value is -1.46. The highest BCUT2D eigenvalue weighted by Gasteiger charge is 2.39. The third-order valence-electron chi connectivity index (χ3n) is 4.72. The molecule has 25 heavy (non-hydrogen) atoms. The molecule has 0 radical (unpaired) electrons. The van der Waals surface area contributed by atoms with Crippen LogP contribution in [0.25, 0.3) is 0 Å². The molecule has 0 unspecified atom stereocenters. The Bertz CT molecular complexity index is 469. The Morgan fingerprint density at radius 1 is 1.28 bits per heavy atom. The van der Waals surface area contributed by atoms with Crippen molar-refractivity contribution >= 4 is 11.8 Å². The van der Waals surface area contributed by atoms with Gasteiger partial charge in [0.25, 0.3) is 0 Å². The summed E-state index contributed by atoms with van der Waals surface area (Å²) in [6.07, 6.45) is 12.1. The standard InChI is InChI=1S/C20H32O5/c1-2-3-6-9-15(21)12-13-17-16(18(22)14-19(17)23)10-7-4-5-8-11-20(24)25/h4,7,12-13,15-18,21-22H,2-3,5-6,8-11,14H2,1H3,(H,24,25)/b7-4+,13-12-/t15-,16+,17+,18-/m0/s1. The Morgan fingerprint density at radius 3 is 2.72 bits per heavy atom. The molecule has 5 heteroatoms. The molecule has 1 aliphatic carbocycles. The van der Waals surface area contributed by atoms with Crippen LogP contribution < -0.4 is 0 Å². The molecule has 0 aliphatic heterocycles. The summed E-state index contributed by atoms with van der Waals surface area (Å²) in [5.74, 6) is -1.29. The van der Waals surface area contributed by atoms with Gasteiger partial charge in [-0.15, -0.1) is 0 Å². The second kappa shape index (κ2) is 12.0. The number of unbranched alkanes of at least 4 members (excludes halogenated alkanes) is 3. The number of aliphatic hydroxyl groups is 2. The summed E-state index contributed by atoms with van der Waals surface area (Å²) in [6.45, 7) is 2.11. The largest absolute Gasteiger partial charge is 0.481 e. The van der Waals surface area contributed by atoms with Crippen LogP contribution in [-0.4, -0.2) is 39.3 Å². The highest BCUT2D eigenvalue weighted by molar-refractivity contribution is 5.86. The van der Waals surface area contributed by atoms with E-state index < -0.39 is 18.2 Å². The molecule has 0 heterocycles. The third-order valence-corrected chi connectivity index (χ3v) is 4.72. The number of carboxylic acids is 1. The summed E-state index contributed by atoms with van der Waals surface area (Å²) >= 11 is 0. The van der Waals surface area contributed by atoms with E-state index in [1.165, 1.54) is 0 Å². The summed E-state index contributed by atoms with van der Waals surface area (Å²) in [5.41, 5.74) is 0. The molecule has 0 aromatic rings. The Balaban J connectivity index is 2.48. The lowest BCUT2D eigenvalue weighted by molar-refractivity contribution is -0.137. The van der Waals surface area contributed by atoms with Crippen LogP contribution in [-0.2, 0) is 9.59 Å². The molecule has 1 saturated carbocycles. The third kappa shape index (κ3) is 8.45. The van der Waals surface area contributed by atoms with E-state index in [9.17, 15) is 19.8 Å². The monoisotopic (exact) mass is 352 g/mol. The van der Waals surface area contributed by atoms with Crippen molar-refractivity contribution in [2.24, 2.45) is 11.8 Å². The van der Waals surface area contributed by atoms with Crippen molar-refractivity contribution in [2.75, 3.05) is 0 Å². The van der Waals surface area contributed by atoms with Crippen LogP contribution in [0.3, 0.4) is 0 Å². The number of carbonyl (C=O) groups is 2. The maximum Gasteiger partial charge on any atom is 0.303 e. The Morgan fingerprint density at radius 2 is 2.04 bits per heavy atom. The highest BCUT2D eigenvalue weighted by Crippen LogP contribution is 2.33. The molecule has 0 saturated heterocycles. The minimum atomic E-state index is -0.798. The van der Waals surface area contributed by atoms with Gasteiger partial charge in [-0.25, -0.2) is 0 Å². The normalized spacial score (nSPS) is 25.2. The first-order valence-electron chi connectivity index (χ1n) is 9.39. The van der Waals surface area contributed by atoms with E-state index in [1.54, 1.807) is 12.2 Å². The molecule has 0 spiro atoms. The number of allylic oxidation sites excluding steroid dienone is 3. The van der Waals surface area contributed by atoms with Gasteiger partial charge in [0.05, 0.1) is 12.2 Å². The van der Waals surface area contributed by atoms with Crippen molar-refractivity contribution in [1.29, 1.82) is 0 Å². The Labute approximate surface area is 150 Å². The summed E-state index contributed by atoms with van der Waals surface area (Å²) in [4.78, 5) is 22.5. The molecule has 1 fully saturated rings. The van der Waals surface area contributed by atoms with Crippen LogP contribution >= 0.6 is 0 Å². The summed E-state index contributed by atoms with van der Waals surface area (Å²) < 4.78 is 0. The fourth-order valence-corrected chi connectivity index (χ4v) is 3.22. The molecule has 4 atom stereocenters. The van der Waals surface area contributed by atoms with Crippen molar-refractivity contribution < 1.29 is 24.9 Å². The molecule has 1 rings (SSSR count). The minimum absolute atomic E-state index is 0.0220. The maximum absolute atomic E-state index is 12.1. The predicted octanol–water partition coefficient (Wildman–Crippen LogP) is 3.25. The highest BCUT2D eigenvalue weighted by atomic mass is 16.4. The van der Waals surface area contributed by atoms with Crippen LogP contribution in [0, 0.1) is 11.8 Å². The molecule has 3 N–H and O–H groups in total. The average molecular weight is 352 g/mol. The number of aliphatic carboxylic acids is 1. The van der Waals surface area contributed by atoms with Gasteiger partial charge in [-0.2, -0.15) is 0 Å². The van der Waals surface area contributed by atoms with Crippen LogP contribution in [0.15, 0.2) is 24.3 Å². The van der Waals surface area contributed by atoms with Gasteiger partial charge in [-0.1, -0.05) is 50.5 Å². The fraction of sp³-hybridized carbons (Fsp3) is 0.700. The molecule has 0 aromatic carbocycles. The zero-order valence-electron chi connectivity index (χ0n) is 15.1. The number of hydrogen-bond donors (Lipinski definition) is 3. The summed E-state index contributed by atoms with van der Waals surface area (Å²) in [7, 11) is 0. The number of ketones is 1. The smallest absolute Gasteiger partial charge is 0.303 e. The van der Waals surface area contributed by atoms with Crippen molar-refractivity contribution in [3.05, 3.63) is 24.3 Å². The van der Waals surface area contributed by atoms with Gasteiger partial charge >= 0.3 is 5.97 Å². The molecule has 5 nitrogen and oxygen atoms in total. The van der Waals surface area contributed by atoms with E-state index in [0.29, 0.717) is 25.7 Å². The maximum atomic E-state index is 12.1. The SMILES string of the molecule is CCCCC[C@H](O)/C=C\[C@H]1C(=O)C[C@H](O)[C@@H]1C/C=C/CCCC(=O)O. The van der Waals surface area contributed by atoms with Gasteiger partial charge in [-0.05, 0) is 25.7 Å². The molecule has 0 amide bonds. The Kier molecular flexibility index (Phi) is 10.3. The van der Waals surface area contributed by atoms with E-state index in [4.69, 9.17) is 5.11 Å². The number of carboxylic acid groups (broad SMARTS) is 1. The van der Waals surface area contributed by atoms with Gasteiger partial charge in [-0.3, -0.25) is 9.59 Å². The number of Topliss-reactive ketones (excluding diaryl/α,β-unsaturated/α-hetero) is 1. The molecular formula is C20H32O5. The van der Waals surface area contributed by atoms with Gasteiger partial charge in [0.15, 0.2) is 0 Å². The van der Waals surface area contributed by atoms with Gasteiger partial charge in [0.2, 0.25) is 0 Å². The molecule has 0 aromatic heterocycles. The average Bonchev–Trinajstić information content (AvgIpc) is 2.82. The van der Waals surface area contributed by atoms with E-state index >= 15 is 0 Å². The van der Waals surface area contributed by atoms with Gasteiger partial charge in [0.1, 0.15) is 5.78 Å². The van der Waals surface area contributed by atoms with Crippen LogP contribution in [0.4, 0.5) is 0 Å². The molecule has 142 valence electrons. The van der Waals surface area contributed by atoms with E-state index in [0.717, 1.165) is 19.3 Å². The number of aliphatic hydroxyl groups excluding tert-OH is 2. The lowest BCUT2D eigenvalue weighted by Crippen LogP contribution is -2.19. The quantitative estimate of drug-likeness (QED) is 0.370. The number of carbonyl (C=O) groups excluding carboxylic acids is 1. The summed E-state index contributed by atoms with van der Waals surface area (Å²) in [6, 6.07) is 0. The van der Waals surface area contributed by atoms with E-state index in [1.807, 2.05) is 12.2 Å². The van der Waals surface area contributed by atoms with Crippen molar-refractivity contribution in [2.45, 2.75) is 76.9 Å². The topological polar surface area (TPSA) is 94.8 Å². The first-order valence-corrected chi connectivity index (χ1v) is 9.39. The van der Waals surface area contributed by atoms with Crippen LogP contribution in [0.5, 0.6) is 0 Å². The van der Waals surface area contributed by atoms with E-state index in [-0.39, 0.29) is 30.5 Å². The van der Waals surface area contributed by atoms with Crippen molar-refractivity contribution in [1.82, 2.24) is 0 Å². The first kappa shape index (κ1) is 21.6. The van der Waals surface area contributed by atoms with Gasteiger partial charge in [0, 0.05) is 24.7 Å². The zero-order valence-corrected chi connectivity index (χ0v) is 15.1. The van der Waals surface area contributed by atoms with Crippen molar-refractivity contribution in [3.63, 3.8) is 0 Å². The second-order valence-electron chi connectivity index (χ2n) is 6.87. The van der Waals surface area contributed by atoms with Crippen LogP contribution in [0.1, 0.15) is 64.7 Å². The van der Waals surface area contributed by atoms with Gasteiger partial charge < -0.3 is 15.3 Å². The number of hydrogen-bond acceptors (Lipinski definition) is 4. The van der Waals surface area contributed by atoms with Crippen molar-refractivity contribution in [3.8, 4) is 0 Å². The predicted molar refractivity (Wildman–Crippen MR) is 97.1 cm³/mol. The minimum Gasteiger partial charge on any atom is -0.481 e. The first-order chi connectivity index (χ1) is 12.0. The lowest BCUT2D eigenvalue weighted by atomic mass is 9.90. The lowest BCUT2D eigenvalue weighted by Gasteiger charge is -2.17. The fourth-order valence-electron chi connectivity index (χ4n) is 3.22. The second-order valence-corrected chi connectivity index (χ2v) is 6.87. The number of rotatable bonds is 12.